The van der Waals surface area contributed by atoms with Crippen molar-refractivity contribution in [2.45, 2.75) is 50.3 Å². The molecule has 3 N–H and O–H groups in total. The Morgan fingerprint density at radius 1 is 1.15 bits per heavy atom. The monoisotopic (exact) mass is 468 g/mol. The number of aromatic nitrogens is 2. The van der Waals surface area contributed by atoms with E-state index in [-0.39, 0.29) is 17.6 Å². The minimum Gasteiger partial charge on any atom is -0.391 e. The van der Waals surface area contributed by atoms with Crippen LogP contribution in [-0.4, -0.2) is 57.2 Å². The lowest BCUT2D eigenvalue weighted by molar-refractivity contribution is 0.0895. The molecule has 2 heterocycles. The highest BCUT2D eigenvalue weighted by Gasteiger charge is 2.27. The maximum absolute atomic E-state index is 12.5. The van der Waals surface area contributed by atoms with Crippen molar-refractivity contribution in [3.63, 3.8) is 0 Å². The number of rotatable bonds is 7. The standard InChI is InChI=1S/C25H29ClN4O3/c26-17-5-8-23-22(14-17)28-25(33)30(23)19-9-11-29(12-10-19)15-20(31)13-16-3-1-2-4-21(16)24(32)27-18-6-7-18/h1-5,8,14,18-20,31H,6-7,9-13,15H2,(H,27,32)(H,28,33)/t20-/m0/s1. The highest BCUT2D eigenvalue weighted by atomic mass is 35.5. The fourth-order valence-electron chi connectivity index (χ4n) is 4.85. The molecule has 1 amide bonds. The Hall–Kier alpha value is -2.61. The topological polar surface area (TPSA) is 90.4 Å². The summed E-state index contributed by atoms with van der Waals surface area (Å²) in [6.45, 7) is 2.15. The molecular formula is C25H29ClN4O3. The molecular weight excluding hydrogens is 440 g/mol. The number of aliphatic hydroxyl groups is 1. The van der Waals surface area contributed by atoms with Gasteiger partial charge in [0, 0.05) is 48.7 Å². The number of nitrogens with one attached hydrogen (secondary N) is 2. The minimum absolute atomic E-state index is 0.0495. The van der Waals surface area contributed by atoms with Crippen molar-refractivity contribution in [3.8, 4) is 0 Å². The van der Waals surface area contributed by atoms with E-state index in [1.807, 2.05) is 41.0 Å². The number of aliphatic hydroxyl groups excluding tert-OH is 1. The molecule has 5 rings (SSSR count). The number of amides is 1. The highest BCUT2D eigenvalue weighted by Crippen LogP contribution is 2.26. The van der Waals surface area contributed by atoms with Gasteiger partial charge in [-0.05, 0) is 55.5 Å². The van der Waals surface area contributed by atoms with Crippen molar-refractivity contribution in [1.29, 1.82) is 0 Å². The number of carbonyl (C=O) groups excluding carboxylic acids is 1. The lowest BCUT2D eigenvalue weighted by Crippen LogP contribution is -2.41. The SMILES string of the molecule is O=C(NC1CC1)c1ccccc1C[C@H](O)CN1CCC(n2c(=O)[nH]c3cc(Cl)ccc32)CC1. The highest BCUT2D eigenvalue weighted by molar-refractivity contribution is 6.31. The Bertz CT molecular complexity index is 1210. The molecule has 174 valence electrons. The van der Waals surface area contributed by atoms with Crippen LogP contribution >= 0.6 is 11.6 Å². The number of β-amino-alcohol motifs (C(OH)–C–C–N with tert-alkyl or cyclic N) is 1. The molecule has 0 radical (unpaired) electrons. The van der Waals surface area contributed by atoms with Gasteiger partial charge < -0.3 is 20.3 Å². The lowest BCUT2D eigenvalue weighted by Gasteiger charge is -2.33. The van der Waals surface area contributed by atoms with Gasteiger partial charge >= 0.3 is 5.69 Å². The van der Waals surface area contributed by atoms with Gasteiger partial charge in [0.15, 0.2) is 0 Å². The quantitative estimate of drug-likeness (QED) is 0.497. The lowest BCUT2D eigenvalue weighted by atomic mass is 9.99. The molecule has 8 heteroatoms. The summed E-state index contributed by atoms with van der Waals surface area (Å²) in [6.07, 6.45) is 3.65. The van der Waals surface area contributed by atoms with Gasteiger partial charge in [0.05, 0.1) is 17.1 Å². The maximum Gasteiger partial charge on any atom is 0.326 e. The van der Waals surface area contributed by atoms with E-state index >= 15 is 0 Å². The number of halogens is 1. The normalized spacial score (nSPS) is 18.5. The van der Waals surface area contributed by atoms with E-state index in [0.717, 1.165) is 55.4 Å². The van der Waals surface area contributed by atoms with Crippen LogP contribution in [0.15, 0.2) is 47.3 Å². The third kappa shape index (κ3) is 5.00. The summed E-state index contributed by atoms with van der Waals surface area (Å²) < 4.78 is 1.84. The van der Waals surface area contributed by atoms with Gasteiger partial charge in [0.25, 0.3) is 5.91 Å². The van der Waals surface area contributed by atoms with Crippen molar-refractivity contribution in [2.24, 2.45) is 0 Å². The van der Waals surface area contributed by atoms with Crippen molar-refractivity contribution in [1.82, 2.24) is 19.8 Å². The number of benzene rings is 2. The molecule has 1 saturated carbocycles. The van der Waals surface area contributed by atoms with Crippen LogP contribution in [0.4, 0.5) is 0 Å². The van der Waals surface area contributed by atoms with Crippen LogP contribution in [0.25, 0.3) is 11.0 Å². The molecule has 3 aromatic rings. The summed E-state index contributed by atoms with van der Waals surface area (Å²) >= 11 is 6.06. The number of imidazole rings is 1. The Morgan fingerprint density at radius 2 is 1.91 bits per heavy atom. The van der Waals surface area contributed by atoms with Crippen LogP contribution in [0.2, 0.25) is 5.02 Å². The van der Waals surface area contributed by atoms with E-state index in [0.29, 0.717) is 29.6 Å². The molecule has 1 aromatic heterocycles. The summed E-state index contributed by atoms with van der Waals surface area (Å²) in [6, 6.07) is 13.4. The first-order valence-electron chi connectivity index (χ1n) is 11.7. The van der Waals surface area contributed by atoms with Gasteiger partial charge in [-0.25, -0.2) is 4.79 Å². The Balaban J connectivity index is 1.19. The van der Waals surface area contributed by atoms with Crippen molar-refractivity contribution < 1.29 is 9.90 Å². The first kappa shape index (κ1) is 22.2. The fourth-order valence-corrected chi connectivity index (χ4v) is 5.03. The van der Waals surface area contributed by atoms with Crippen molar-refractivity contribution in [2.75, 3.05) is 19.6 Å². The zero-order chi connectivity index (χ0) is 22.9. The fraction of sp³-hybridized carbons (Fsp3) is 0.440. The molecule has 0 bridgehead atoms. The van der Waals surface area contributed by atoms with Gasteiger partial charge in [-0.15, -0.1) is 0 Å². The summed E-state index contributed by atoms with van der Waals surface area (Å²) in [7, 11) is 0. The van der Waals surface area contributed by atoms with Crippen molar-refractivity contribution in [3.05, 3.63) is 69.1 Å². The average Bonchev–Trinajstić information content (AvgIpc) is 3.54. The van der Waals surface area contributed by atoms with E-state index in [2.05, 4.69) is 15.2 Å². The van der Waals surface area contributed by atoms with Crippen LogP contribution < -0.4 is 11.0 Å². The van der Waals surface area contributed by atoms with Gasteiger partial charge in [-0.3, -0.25) is 9.36 Å². The minimum atomic E-state index is -0.561. The largest absolute Gasteiger partial charge is 0.391 e. The predicted octanol–water partition coefficient (Wildman–Crippen LogP) is 3.12. The second kappa shape index (κ2) is 9.33. The van der Waals surface area contributed by atoms with Gasteiger partial charge in [-0.2, -0.15) is 0 Å². The molecule has 1 saturated heterocycles. The Kier molecular flexibility index (Phi) is 6.27. The van der Waals surface area contributed by atoms with Crippen LogP contribution in [0.5, 0.6) is 0 Å². The zero-order valence-corrected chi connectivity index (χ0v) is 19.2. The first-order valence-corrected chi connectivity index (χ1v) is 12.0. The Labute approximate surface area is 197 Å². The summed E-state index contributed by atoms with van der Waals surface area (Å²) in [5, 5.41) is 14.4. The van der Waals surface area contributed by atoms with Crippen LogP contribution in [0.3, 0.4) is 0 Å². The summed E-state index contributed by atoms with van der Waals surface area (Å²) in [5.74, 6) is -0.0495. The van der Waals surface area contributed by atoms with Crippen LogP contribution in [-0.2, 0) is 6.42 Å². The third-order valence-electron chi connectivity index (χ3n) is 6.70. The summed E-state index contributed by atoms with van der Waals surface area (Å²) in [4.78, 5) is 30.2. The van der Waals surface area contributed by atoms with Crippen molar-refractivity contribution >= 4 is 28.5 Å². The molecule has 2 fully saturated rings. The molecule has 0 spiro atoms. The number of aromatic amines is 1. The molecule has 1 aliphatic carbocycles. The van der Waals surface area contributed by atoms with Crippen LogP contribution in [0, 0.1) is 0 Å². The molecule has 33 heavy (non-hydrogen) atoms. The molecule has 0 unspecified atom stereocenters. The van der Waals surface area contributed by atoms with E-state index in [4.69, 9.17) is 11.6 Å². The third-order valence-corrected chi connectivity index (χ3v) is 6.93. The molecule has 2 aromatic carbocycles. The number of nitrogens with zero attached hydrogens (tertiary/aromatic N) is 2. The number of carbonyl (C=O) groups is 1. The van der Waals surface area contributed by atoms with E-state index in [1.165, 1.54) is 0 Å². The number of hydrogen-bond donors (Lipinski definition) is 3. The molecule has 2 aliphatic rings. The summed E-state index contributed by atoms with van der Waals surface area (Å²) in [5.41, 5.74) is 3.06. The molecule has 7 nitrogen and oxygen atoms in total. The van der Waals surface area contributed by atoms with E-state index in [1.54, 1.807) is 6.07 Å². The number of hydrogen-bond acceptors (Lipinski definition) is 4. The zero-order valence-electron chi connectivity index (χ0n) is 18.5. The van der Waals surface area contributed by atoms with Gasteiger partial charge in [-0.1, -0.05) is 29.8 Å². The van der Waals surface area contributed by atoms with Gasteiger partial charge in [0.2, 0.25) is 0 Å². The van der Waals surface area contributed by atoms with E-state index < -0.39 is 6.10 Å². The smallest absolute Gasteiger partial charge is 0.326 e. The number of fused-ring (bicyclic) bond motifs is 1. The number of likely N-dealkylation sites (tertiary alicyclic amines) is 1. The second-order valence-corrected chi connectivity index (χ2v) is 9.69. The molecule has 1 aliphatic heterocycles. The van der Waals surface area contributed by atoms with Crippen LogP contribution in [0.1, 0.15) is 47.6 Å². The first-order chi connectivity index (χ1) is 16.0. The number of piperidine rings is 1. The van der Waals surface area contributed by atoms with E-state index in [9.17, 15) is 14.7 Å². The van der Waals surface area contributed by atoms with Gasteiger partial charge in [0.1, 0.15) is 0 Å². The average molecular weight is 469 g/mol. The maximum atomic E-state index is 12.5. The molecule has 1 atom stereocenters. The Morgan fingerprint density at radius 3 is 2.67 bits per heavy atom. The second-order valence-electron chi connectivity index (χ2n) is 9.26. The number of H-pyrrole nitrogens is 1. The predicted molar refractivity (Wildman–Crippen MR) is 129 cm³/mol.